The third-order valence-electron chi connectivity index (χ3n) is 2.06. The zero-order chi connectivity index (χ0) is 12.3. The van der Waals surface area contributed by atoms with Crippen LogP contribution in [0.3, 0.4) is 0 Å². The molecular formula is C11H17NO4. The van der Waals surface area contributed by atoms with E-state index in [1.807, 2.05) is 0 Å². The van der Waals surface area contributed by atoms with E-state index in [0.29, 0.717) is 19.4 Å². The molecule has 16 heavy (non-hydrogen) atoms. The summed E-state index contributed by atoms with van der Waals surface area (Å²) < 4.78 is 5.15. The second kappa shape index (κ2) is 4.55. The monoisotopic (exact) mass is 227 g/mol. The number of carboxylic acid groups (broad SMARTS) is 1. The Labute approximate surface area is 94.7 Å². The van der Waals surface area contributed by atoms with Crippen molar-refractivity contribution in [2.75, 3.05) is 6.54 Å². The number of amides is 1. The molecule has 0 spiro atoms. The minimum absolute atomic E-state index is 0.247. The molecule has 1 amide bonds. The van der Waals surface area contributed by atoms with Gasteiger partial charge < -0.3 is 9.84 Å². The van der Waals surface area contributed by atoms with Gasteiger partial charge in [0.05, 0.1) is 5.57 Å². The Kier molecular flexibility index (Phi) is 3.57. The number of carbonyl (C=O) groups is 2. The van der Waals surface area contributed by atoms with Gasteiger partial charge in [0, 0.05) is 12.7 Å². The molecule has 0 bridgehead atoms. The minimum atomic E-state index is -0.978. The van der Waals surface area contributed by atoms with Crippen LogP contribution in [0.4, 0.5) is 4.79 Å². The predicted molar refractivity (Wildman–Crippen MR) is 57.9 cm³/mol. The summed E-state index contributed by atoms with van der Waals surface area (Å²) in [6.45, 7) is 5.83. The summed E-state index contributed by atoms with van der Waals surface area (Å²) in [5, 5.41) is 8.82. The molecule has 0 aliphatic carbocycles. The number of carbonyl (C=O) groups excluding carboxylic acids is 1. The highest BCUT2D eigenvalue weighted by Gasteiger charge is 2.24. The highest BCUT2D eigenvalue weighted by Crippen LogP contribution is 2.17. The Balaban J connectivity index is 2.70. The third kappa shape index (κ3) is 3.56. The average Bonchev–Trinajstić information content (AvgIpc) is 2.15. The zero-order valence-corrected chi connectivity index (χ0v) is 9.82. The SMILES string of the molecule is CC(C)(C)OC(=O)N1C=C(C(=O)O)CCC1. The Morgan fingerprint density at radius 2 is 2.06 bits per heavy atom. The van der Waals surface area contributed by atoms with Gasteiger partial charge in [-0.1, -0.05) is 0 Å². The van der Waals surface area contributed by atoms with E-state index in [4.69, 9.17) is 9.84 Å². The molecule has 0 saturated carbocycles. The molecule has 0 aromatic heterocycles. The lowest BCUT2D eigenvalue weighted by Gasteiger charge is -2.27. The van der Waals surface area contributed by atoms with Gasteiger partial charge in [-0.2, -0.15) is 0 Å². The van der Waals surface area contributed by atoms with E-state index in [1.165, 1.54) is 11.1 Å². The quantitative estimate of drug-likeness (QED) is 0.743. The van der Waals surface area contributed by atoms with Crippen LogP contribution in [0.5, 0.6) is 0 Å². The summed E-state index contributed by atoms with van der Waals surface area (Å²) in [6.07, 6.45) is 2.01. The maximum Gasteiger partial charge on any atom is 0.414 e. The molecule has 90 valence electrons. The number of ether oxygens (including phenoxy) is 1. The number of carboxylic acids is 1. The van der Waals surface area contributed by atoms with Gasteiger partial charge in [-0.15, -0.1) is 0 Å². The molecule has 1 N–H and O–H groups in total. The molecule has 1 rings (SSSR count). The molecule has 0 radical (unpaired) electrons. The summed E-state index contributed by atoms with van der Waals surface area (Å²) in [4.78, 5) is 23.7. The molecule has 0 saturated heterocycles. The molecule has 0 fully saturated rings. The lowest BCUT2D eigenvalue weighted by molar-refractivity contribution is -0.133. The molecule has 5 heteroatoms. The zero-order valence-electron chi connectivity index (χ0n) is 9.82. The third-order valence-corrected chi connectivity index (χ3v) is 2.06. The molecule has 1 aliphatic heterocycles. The molecule has 1 aliphatic rings. The highest BCUT2D eigenvalue weighted by molar-refractivity contribution is 5.87. The number of hydrogen-bond acceptors (Lipinski definition) is 3. The first-order valence-corrected chi connectivity index (χ1v) is 5.23. The number of aliphatic carboxylic acids is 1. The summed E-state index contributed by atoms with van der Waals surface area (Å²) in [6, 6.07) is 0. The molecule has 0 atom stereocenters. The predicted octanol–water partition coefficient (Wildman–Crippen LogP) is 1.99. The molecule has 1 heterocycles. The number of rotatable bonds is 1. The number of hydrogen-bond donors (Lipinski definition) is 1. The summed E-state index contributed by atoms with van der Waals surface area (Å²) in [5.41, 5.74) is -0.316. The van der Waals surface area contributed by atoms with Crippen LogP contribution < -0.4 is 0 Å². The summed E-state index contributed by atoms with van der Waals surface area (Å²) >= 11 is 0. The Bertz CT molecular complexity index is 327. The maximum absolute atomic E-state index is 11.6. The van der Waals surface area contributed by atoms with Crippen LogP contribution in [0.15, 0.2) is 11.8 Å². The van der Waals surface area contributed by atoms with E-state index in [9.17, 15) is 9.59 Å². The van der Waals surface area contributed by atoms with Crippen molar-refractivity contribution in [1.29, 1.82) is 0 Å². The van der Waals surface area contributed by atoms with E-state index >= 15 is 0 Å². The van der Waals surface area contributed by atoms with Crippen molar-refractivity contribution in [1.82, 2.24) is 4.90 Å². The average molecular weight is 227 g/mol. The van der Waals surface area contributed by atoms with E-state index in [0.717, 1.165) is 0 Å². The van der Waals surface area contributed by atoms with Crippen molar-refractivity contribution < 1.29 is 19.4 Å². The van der Waals surface area contributed by atoms with Gasteiger partial charge in [0.15, 0.2) is 0 Å². The summed E-state index contributed by atoms with van der Waals surface area (Å²) in [5.74, 6) is -0.978. The van der Waals surface area contributed by atoms with Crippen molar-refractivity contribution in [3.05, 3.63) is 11.8 Å². The van der Waals surface area contributed by atoms with Gasteiger partial charge in [0.1, 0.15) is 5.60 Å². The van der Waals surface area contributed by atoms with Crippen molar-refractivity contribution in [2.24, 2.45) is 0 Å². The van der Waals surface area contributed by atoms with Crippen molar-refractivity contribution in [3.8, 4) is 0 Å². The van der Waals surface area contributed by atoms with Crippen LogP contribution >= 0.6 is 0 Å². The second-order valence-corrected chi connectivity index (χ2v) is 4.74. The standard InChI is InChI=1S/C11H17NO4/c1-11(2,3)16-10(15)12-6-4-5-8(7-12)9(13)14/h7H,4-6H2,1-3H3,(H,13,14). The van der Waals surface area contributed by atoms with Crippen LogP contribution in [0.25, 0.3) is 0 Å². The van der Waals surface area contributed by atoms with Gasteiger partial charge in [-0.25, -0.2) is 9.59 Å². The van der Waals surface area contributed by atoms with Crippen LogP contribution in [-0.4, -0.2) is 34.2 Å². The topological polar surface area (TPSA) is 66.8 Å². The van der Waals surface area contributed by atoms with Crippen LogP contribution in [-0.2, 0) is 9.53 Å². The van der Waals surface area contributed by atoms with Gasteiger partial charge in [-0.05, 0) is 33.6 Å². The smallest absolute Gasteiger partial charge is 0.414 e. The fraction of sp³-hybridized carbons (Fsp3) is 0.636. The molecule has 5 nitrogen and oxygen atoms in total. The van der Waals surface area contributed by atoms with E-state index in [-0.39, 0.29) is 5.57 Å². The fourth-order valence-electron chi connectivity index (χ4n) is 1.38. The van der Waals surface area contributed by atoms with E-state index < -0.39 is 17.7 Å². The van der Waals surface area contributed by atoms with Gasteiger partial charge in [-0.3, -0.25) is 4.90 Å². The summed E-state index contributed by atoms with van der Waals surface area (Å²) in [7, 11) is 0. The maximum atomic E-state index is 11.6. The first-order valence-electron chi connectivity index (χ1n) is 5.23. The normalized spacial score (nSPS) is 16.7. The molecule has 0 aromatic carbocycles. The molecular weight excluding hydrogens is 210 g/mol. The lowest BCUT2D eigenvalue weighted by atomic mass is 10.1. The van der Waals surface area contributed by atoms with Crippen molar-refractivity contribution in [2.45, 2.75) is 39.2 Å². The lowest BCUT2D eigenvalue weighted by Crippen LogP contribution is -2.36. The first kappa shape index (κ1) is 12.5. The molecule has 0 unspecified atom stereocenters. The second-order valence-electron chi connectivity index (χ2n) is 4.74. The first-order chi connectivity index (χ1) is 7.29. The Morgan fingerprint density at radius 1 is 1.44 bits per heavy atom. The largest absolute Gasteiger partial charge is 0.478 e. The van der Waals surface area contributed by atoms with E-state index in [1.54, 1.807) is 20.8 Å². The highest BCUT2D eigenvalue weighted by atomic mass is 16.6. The number of nitrogens with zero attached hydrogens (tertiary/aromatic N) is 1. The van der Waals surface area contributed by atoms with Crippen LogP contribution in [0, 0.1) is 0 Å². The Hall–Kier alpha value is -1.52. The van der Waals surface area contributed by atoms with E-state index in [2.05, 4.69) is 0 Å². The van der Waals surface area contributed by atoms with Gasteiger partial charge in [0.2, 0.25) is 0 Å². The van der Waals surface area contributed by atoms with Crippen molar-refractivity contribution in [3.63, 3.8) is 0 Å². The minimum Gasteiger partial charge on any atom is -0.478 e. The molecule has 0 aromatic rings. The van der Waals surface area contributed by atoms with Gasteiger partial charge >= 0.3 is 12.1 Å². The fourth-order valence-corrected chi connectivity index (χ4v) is 1.38. The Morgan fingerprint density at radius 3 is 2.56 bits per heavy atom. The van der Waals surface area contributed by atoms with Crippen molar-refractivity contribution >= 4 is 12.1 Å². The van der Waals surface area contributed by atoms with Crippen LogP contribution in [0.1, 0.15) is 33.6 Å². The van der Waals surface area contributed by atoms with Crippen LogP contribution in [0.2, 0.25) is 0 Å². The van der Waals surface area contributed by atoms with Gasteiger partial charge in [0.25, 0.3) is 0 Å².